The van der Waals surface area contributed by atoms with Crippen LogP contribution in [0.4, 0.5) is 5.69 Å². The Labute approximate surface area is 409 Å². The van der Waals surface area contributed by atoms with Crippen LogP contribution < -0.4 is 10.8 Å². The Kier molecular flexibility index (Phi) is 16.2. The number of rotatable bonds is 16. The van der Waals surface area contributed by atoms with Crippen molar-refractivity contribution in [1.82, 2.24) is 4.90 Å². The van der Waals surface area contributed by atoms with Crippen LogP contribution in [0.1, 0.15) is 146 Å². The summed E-state index contributed by atoms with van der Waals surface area (Å²) in [5.74, 6) is 0.616. The second-order valence-electron chi connectivity index (χ2n) is 27.6. The molecule has 1 N–H and O–H groups in total. The second kappa shape index (κ2) is 19.1. The van der Waals surface area contributed by atoms with E-state index in [2.05, 4.69) is 216 Å². The van der Waals surface area contributed by atoms with Gasteiger partial charge in [-0.1, -0.05) is 113 Å². The van der Waals surface area contributed by atoms with Gasteiger partial charge in [0.2, 0.25) is 0 Å². The molecule has 3 unspecified atom stereocenters. The Hall–Kier alpha value is -1.11. The van der Waals surface area contributed by atoms with Crippen molar-refractivity contribution in [2.75, 3.05) is 18.5 Å². The molecule has 5 rings (SSSR count). The molecular formula is C53H97BN2O6Si4. The van der Waals surface area contributed by atoms with Crippen molar-refractivity contribution in [3.05, 3.63) is 59.2 Å². The number of nitrogens with one attached hydrogen (secondary N) is 1. The largest absolute Gasteiger partial charge is 0.494 e. The first kappa shape index (κ1) is 55.8. The van der Waals surface area contributed by atoms with Crippen LogP contribution in [0.5, 0.6) is 0 Å². The fourth-order valence-corrected chi connectivity index (χ4v) is 12.7. The summed E-state index contributed by atoms with van der Waals surface area (Å²) in [6.45, 7) is 58.6. The molecule has 0 bridgehead atoms. The van der Waals surface area contributed by atoms with E-state index in [1.165, 1.54) is 29.5 Å². The molecule has 0 radical (unpaired) electrons. The number of hydrogen-bond acceptors (Lipinski definition) is 8. The van der Waals surface area contributed by atoms with E-state index in [4.69, 9.17) is 27.0 Å². The highest BCUT2D eigenvalue weighted by molar-refractivity contribution is 6.75. The van der Waals surface area contributed by atoms with E-state index in [-0.39, 0.29) is 62.8 Å². The molecule has 1 aliphatic carbocycles. The smallest absolute Gasteiger partial charge is 0.415 e. The van der Waals surface area contributed by atoms with Gasteiger partial charge in [0.15, 0.2) is 33.3 Å². The van der Waals surface area contributed by atoms with Crippen LogP contribution in [-0.2, 0) is 40.1 Å². The first-order valence-corrected chi connectivity index (χ1v) is 37.0. The van der Waals surface area contributed by atoms with E-state index in [1.54, 1.807) is 0 Å². The highest BCUT2D eigenvalue weighted by Gasteiger charge is 2.56. The first-order valence-electron chi connectivity index (χ1n) is 25.4. The Morgan fingerprint density at radius 3 is 1.55 bits per heavy atom. The monoisotopic (exact) mass is 981 g/mol. The first-order chi connectivity index (χ1) is 29.7. The third-order valence-corrected chi connectivity index (χ3v) is 35.5. The molecular weight excluding hydrogens is 884 g/mol. The van der Waals surface area contributed by atoms with E-state index < -0.39 is 33.3 Å². The van der Waals surface area contributed by atoms with Gasteiger partial charge in [0.1, 0.15) is 0 Å². The molecule has 3 aliphatic rings. The zero-order chi connectivity index (χ0) is 50.1. The van der Waals surface area contributed by atoms with Crippen molar-refractivity contribution in [2.24, 2.45) is 0 Å². The molecule has 3 fully saturated rings. The Balaban J connectivity index is 1.51. The summed E-state index contributed by atoms with van der Waals surface area (Å²) in [6.07, 6.45) is 1.87. The third-order valence-electron chi connectivity index (χ3n) is 17.6. The Morgan fingerprint density at radius 2 is 1.08 bits per heavy atom. The minimum Gasteiger partial charge on any atom is -0.415 e. The number of benzene rings is 2. The fourth-order valence-electron chi connectivity index (χ4n) is 7.73. The van der Waals surface area contributed by atoms with Gasteiger partial charge in [-0.05, 0) is 153 Å². The molecule has 0 aromatic heterocycles. The van der Waals surface area contributed by atoms with Crippen molar-refractivity contribution in [3.8, 4) is 0 Å². The number of likely N-dealkylation sites (tertiary alicyclic amines) is 1. The van der Waals surface area contributed by atoms with Gasteiger partial charge in [-0.25, -0.2) is 0 Å². The van der Waals surface area contributed by atoms with Crippen LogP contribution in [0.15, 0.2) is 42.5 Å². The maximum atomic E-state index is 7.80. The lowest BCUT2D eigenvalue weighted by atomic mass is 9.77. The van der Waals surface area contributed by atoms with Crippen LogP contribution in [-0.4, -0.2) is 94.0 Å². The minimum absolute atomic E-state index is 0.00790. The van der Waals surface area contributed by atoms with Gasteiger partial charge >= 0.3 is 7.12 Å². The molecule has 2 heterocycles. The van der Waals surface area contributed by atoms with Crippen molar-refractivity contribution in [1.29, 1.82) is 0 Å². The zero-order valence-electron chi connectivity index (χ0n) is 46.6. The van der Waals surface area contributed by atoms with E-state index in [1.807, 2.05) is 0 Å². The Morgan fingerprint density at radius 1 is 0.621 bits per heavy atom. The average Bonchev–Trinajstić information content (AvgIpc) is 3.96. The maximum absolute atomic E-state index is 7.80. The molecule has 2 aromatic rings. The van der Waals surface area contributed by atoms with Gasteiger partial charge in [-0.3, -0.25) is 4.90 Å². The average molecular weight is 982 g/mol. The maximum Gasteiger partial charge on any atom is 0.494 e. The molecule has 2 saturated heterocycles. The molecule has 13 heteroatoms. The van der Waals surface area contributed by atoms with Gasteiger partial charge < -0.3 is 32.3 Å². The number of piperidine rings is 1. The lowest BCUT2D eigenvalue weighted by Crippen LogP contribution is -2.70. The summed E-state index contributed by atoms with van der Waals surface area (Å²) in [5.41, 5.74) is 5.32. The van der Waals surface area contributed by atoms with E-state index in [0.29, 0.717) is 12.5 Å². The molecule has 66 heavy (non-hydrogen) atoms. The molecule has 374 valence electrons. The van der Waals surface area contributed by atoms with Crippen molar-refractivity contribution >= 4 is 51.5 Å². The van der Waals surface area contributed by atoms with Crippen molar-refractivity contribution in [3.63, 3.8) is 0 Å². The van der Waals surface area contributed by atoms with Crippen LogP contribution in [0, 0.1) is 0 Å². The summed E-state index contributed by atoms with van der Waals surface area (Å²) < 4.78 is 43.4. The molecule has 0 amide bonds. The summed E-state index contributed by atoms with van der Waals surface area (Å²) in [7, 11) is -9.40. The quantitative estimate of drug-likeness (QED) is 0.167. The summed E-state index contributed by atoms with van der Waals surface area (Å²) in [5, 5.41) is 3.92. The van der Waals surface area contributed by atoms with Gasteiger partial charge in [0.05, 0.1) is 42.2 Å². The van der Waals surface area contributed by atoms with Crippen molar-refractivity contribution < 1.29 is 27.0 Å². The molecule has 1 saturated carbocycles. The summed E-state index contributed by atoms with van der Waals surface area (Å²) >= 11 is 0. The van der Waals surface area contributed by atoms with Crippen LogP contribution >= 0.6 is 0 Å². The van der Waals surface area contributed by atoms with Gasteiger partial charge in [0.25, 0.3) is 0 Å². The predicted molar refractivity (Wildman–Crippen MR) is 291 cm³/mol. The highest BCUT2D eigenvalue weighted by atomic mass is 28.4. The fraction of sp³-hybridized carbons (Fsp3) is 0.774. The number of anilines is 1. The molecule has 0 spiro atoms. The van der Waals surface area contributed by atoms with Crippen LogP contribution in [0.2, 0.25) is 72.5 Å². The topological polar surface area (TPSA) is 70.7 Å². The zero-order valence-corrected chi connectivity index (χ0v) is 50.6. The highest BCUT2D eigenvalue weighted by Crippen LogP contribution is 2.47. The Bertz CT molecular complexity index is 1940. The van der Waals surface area contributed by atoms with Gasteiger partial charge in [-0.15, -0.1) is 0 Å². The van der Waals surface area contributed by atoms with Gasteiger partial charge in [0, 0.05) is 25.3 Å². The predicted octanol–water partition coefficient (Wildman–Crippen LogP) is 13.9. The number of hydrogen-bond donors (Lipinski definition) is 1. The molecule has 8 nitrogen and oxygen atoms in total. The standard InChI is InChI=1S/C53H97BN2O6Si4/c1-48(2,3)63(17,18)57-37-44-46(59-65(21,22)50(7,8)9)47(60-66(23,24)51(10,11)12)45(58-64(19,20)49(4,5)6)36-56(44)35-39-27-25-38(26-28-39)34-55-43-32-41(40-29-30-40)31-42(33-43)54-61-52(13,14)53(15,16)62-54/h25-28,31-33,40,44-47,55H,29-30,34-37H2,1-24H3/t44-,45?,46?,47?/m1/s1. The third kappa shape index (κ3) is 12.9. The molecule has 2 aromatic carbocycles. The lowest BCUT2D eigenvalue weighted by Gasteiger charge is -2.56. The SMILES string of the molecule is CC1(C)OB(c2cc(NCc3ccc(CN4CC(O[Si](C)(C)C(C)(C)C)C(O[Si](C)(C)C(C)(C)C)C(O[Si](C)(C)C(C)(C)C)[C@H]4CO[Si](C)(C)C(C)(C)C)cc3)cc(C3CC3)c2)OC1(C)C. The van der Waals surface area contributed by atoms with Crippen LogP contribution in [0.25, 0.3) is 0 Å². The molecule has 4 atom stereocenters. The van der Waals surface area contributed by atoms with E-state index in [0.717, 1.165) is 30.8 Å². The normalized spacial score (nSPS) is 24.0. The summed E-state index contributed by atoms with van der Waals surface area (Å²) in [4.78, 5) is 2.65. The van der Waals surface area contributed by atoms with Crippen LogP contribution in [0.3, 0.4) is 0 Å². The lowest BCUT2D eigenvalue weighted by molar-refractivity contribution is -0.130. The second-order valence-corrected chi connectivity index (χ2v) is 46.7. The van der Waals surface area contributed by atoms with Gasteiger partial charge in [-0.2, -0.15) is 0 Å². The van der Waals surface area contributed by atoms with E-state index in [9.17, 15) is 0 Å². The summed E-state index contributed by atoms with van der Waals surface area (Å²) in [6, 6.07) is 16.1. The minimum atomic E-state index is -2.33. The van der Waals surface area contributed by atoms with Crippen molar-refractivity contribution in [2.45, 2.75) is 251 Å². The molecule has 2 aliphatic heterocycles. The van der Waals surface area contributed by atoms with E-state index >= 15 is 0 Å². The number of nitrogens with zero attached hydrogens (tertiary/aromatic N) is 1.